The highest BCUT2D eigenvalue weighted by Gasteiger charge is 2.26. The number of carbonyl (C=O) groups excluding carboxylic acids is 2. The molecule has 0 spiro atoms. The third-order valence-electron chi connectivity index (χ3n) is 4.13. The lowest BCUT2D eigenvalue weighted by atomic mass is 10.1. The van der Waals surface area contributed by atoms with Gasteiger partial charge in [-0.05, 0) is 25.0 Å². The molecule has 0 saturated carbocycles. The normalized spacial score (nSPS) is 14.3. The van der Waals surface area contributed by atoms with E-state index in [1.807, 2.05) is 13.8 Å². The average molecular weight is 399 g/mol. The monoisotopic (exact) mass is 398 g/mol. The summed E-state index contributed by atoms with van der Waals surface area (Å²) in [5, 5.41) is 0.337. The fraction of sp³-hybridized carbons (Fsp3) is 0.579. The molecule has 0 aliphatic carbocycles. The Labute approximate surface area is 165 Å². The van der Waals surface area contributed by atoms with E-state index in [4.69, 9.17) is 25.8 Å². The molecule has 1 aliphatic heterocycles. The Kier molecular flexibility index (Phi) is 7.59. The van der Waals surface area contributed by atoms with E-state index >= 15 is 0 Å². The molecular weight excluding hydrogens is 372 g/mol. The summed E-state index contributed by atoms with van der Waals surface area (Å²) in [6, 6.07) is 3.24. The van der Waals surface area contributed by atoms with E-state index in [-0.39, 0.29) is 12.0 Å². The molecule has 0 aromatic heterocycles. The van der Waals surface area contributed by atoms with E-state index in [0.29, 0.717) is 67.4 Å². The Hall–Kier alpha value is -2.15. The molecule has 0 radical (unpaired) electrons. The van der Waals surface area contributed by atoms with Crippen molar-refractivity contribution in [2.45, 2.75) is 20.8 Å². The number of ether oxygens (including phenoxy) is 3. The number of hydrogen-bond donors (Lipinski definition) is 0. The van der Waals surface area contributed by atoms with Crippen molar-refractivity contribution in [3.05, 3.63) is 22.7 Å². The van der Waals surface area contributed by atoms with Crippen molar-refractivity contribution < 1.29 is 23.8 Å². The van der Waals surface area contributed by atoms with E-state index in [9.17, 15) is 9.59 Å². The van der Waals surface area contributed by atoms with Gasteiger partial charge in [0, 0.05) is 31.7 Å². The van der Waals surface area contributed by atoms with Crippen LogP contribution in [0.5, 0.6) is 11.5 Å². The zero-order valence-electron chi connectivity index (χ0n) is 16.3. The molecule has 2 rings (SSSR count). The van der Waals surface area contributed by atoms with Gasteiger partial charge in [-0.15, -0.1) is 0 Å². The molecule has 1 heterocycles. The van der Waals surface area contributed by atoms with Gasteiger partial charge < -0.3 is 24.0 Å². The molecule has 27 heavy (non-hydrogen) atoms. The van der Waals surface area contributed by atoms with Crippen molar-refractivity contribution in [3.63, 3.8) is 0 Å². The molecule has 1 fully saturated rings. The van der Waals surface area contributed by atoms with Crippen molar-refractivity contribution in [1.82, 2.24) is 9.80 Å². The summed E-state index contributed by atoms with van der Waals surface area (Å²) in [5.41, 5.74) is 0.429. The van der Waals surface area contributed by atoms with Crippen LogP contribution in [-0.2, 0) is 4.74 Å². The van der Waals surface area contributed by atoms with Gasteiger partial charge in [-0.3, -0.25) is 4.79 Å². The summed E-state index contributed by atoms with van der Waals surface area (Å²) in [5.74, 6) is 1.05. The zero-order valence-corrected chi connectivity index (χ0v) is 17.0. The number of nitrogens with zero attached hydrogens (tertiary/aromatic N) is 2. The fourth-order valence-corrected chi connectivity index (χ4v) is 2.99. The number of carbonyl (C=O) groups is 2. The lowest BCUT2D eigenvalue weighted by Crippen LogP contribution is -2.50. The van der Waals surface area contributed by atoms with Gasteiger partial charge in [0.2, 0.25) is 0 Å². The van der Waals surface area contributed by atoms with Crippen LogP contribution in [-0.4, -0.2) is 68.3 Å². The molecule has 1 saturated heterocycles. The molecule has 0 unspecified atom stereocenters. The van der Waals surface area contributed by atoms with E-state index < -0.39 is 0 Å². The maximum atomic E-state index is 12.8. The number of benzene rings is 1. The zero-order chi connectivity index (χ0) is 20.0. The Morgan fingerprint density at radius 1 is 1.15 bits per heavy atom. The highest BCUT2D eigenvalue weighted by atomic mass is 35.5. The summed E-state index contributed by atoms with van der Waals surface area (Å²) in [6.45, 7) is 8.41. The topological polar surface area (TPSA) is 68.3 Å². The molecule has 8 heteroatoms. The van der Waals surface area contributed by atoms with Gasteiger partial charge in [-0.1, -0.05) is 25.4 Å². The standard InChI is InChI=1S/C19H27ClN2O5/c1-5-26-19(24)22-8-6-21(7-9-22)18(23)14-10-15(20)17(16(11-14)25-4)27-12-13(2)3/h10-11,13H,5-9,12H2,1-4H3. The smallest absolute Gasteiger partial charge is 0.409 e. The van der Waals surface area contributed by atoms with Crippen LogP contribution < -0.4 is 9.47 Å². The lowest BCUT2D eigenvalue weighted by molar-refractivity contribution is 0.0570. The molecule has 1 aromatic rings. The van der Waals surface area contributed by atoms with Crippen LogP contribution in [0.25, 0.3) is 0 Å². The molecule has 7 nitrogen and oxygen atoms in total. The maximum Gasteiger partial charge on any atom is 0.409 e. The van der Waals surface area contributed by atoms with Gasteiger partial charge in [0.15, 0.2) is 11.5 Å². The first kappa shape index (κ1) is 21.2. The van der Waals surface area contributed by atoms with E-state index in [1.165, 1.54) is 7.11 Å². The molecule has 1 aliphatic rings. The van der Waals surface area contributed by atoms with Crippen LogP contribution in [0.4, 0.5) is 4.79 Å². The van der Waals surface area contributed by atoms with E-state index in [1.54, 1.807) is 28.9 Å². The van der Waals surface area contributed by atoms with Gasteiger partial charge in [0.1, 0.15) is 0 Å². The first-order valence-corrected chi connectivity index (χ1v) is 9.46. The summed E-state index contributed by atoms with van der Waals surface area (Å²) in [4.78, 5) is 27.9. The van der Waals surface area contributed by atoms with Gasteiger partial charge >= 0.3 is 6.09 Å². The van der Waals surface area contributed by atoms with Gasteiger partial charge in [0.05, 0.1) is 25.3 Å². The van der Waals surface area contributed by atoms with Crippen molar-refractivity contribution >= 4 is 23.6 Å². The van der Waals surface area contributed by atoms with Crippen LogP contribution in [0.15, 0.2) is 12.1 Å². The minimum absolute atomic E-state index is 0.158. The van der Waals surface area contributed by atoms with Crippen LogP contribution in [0.2, 0.25) is 5.02 Å². The minimum atomic E-state index is -0.346. The van der Waals surface area contributed by atoms with Crippen molar-refractivity contribution in [2.24, 2.45) is 5.92 Å². The first-order chi connectivity index (χ1) is 12.9. The summed E-state index contributed by atoms with van der Waals surface area (Å²) in [7, 11) is 1.51. The minimum Gasteiger partial charge on any atom is -0.493 e. The molecule has 1 aromatic carbocycles. The summed E-state index contributed by atoms with van der Waals surface area (Å²) < 4.78 is 16.1. The number of piperazine rings is 1. The largest absolute Gasteiger partial charge is 0.493 e. The van der Waals surface area contributed by atoms with Gasteiger partial charge in [-0.2, -0.15) is 0 Å². The molecule has 0 N–H and O–H groups in total. The second-order valence-electron chi connectivity index (χ2n) is 6.67. The SMILES string of the molecule is CCOC(=O)N1CCN(C(=O)c2cc(Cl)c(OCC(C)C)c(OC)c2)CC1. The quantitative estimate of drug-likeness (QED) is 0.735. The maximum absolute atomic E-state index is 12.8. The van der Waals surface area contributed by atoms with Gasteiger partial charge in [-0.25, -0.2) is 4.79 Å². The lowest BCUT2D eigenvalue weighted by Gasteiger charge is -2.34. The second kappa shape index (κ2) is 9.69. The second-order valence-corrected chi connectivity index (χ2v) is 7.08. The third-order valence-corrected chi connectivity index (χ3v) is 4.41. The van der Waals surface area contributed by atoms with Crippen molar-refractivity contribution in [2.75, 3.05) is 46.5 Å². The van der Waals surface area contributed by atoms with E-state index in [2.05, 4.69) is 0 Å². The van der Waals surface area contributed by atoms with Crippen LogP contribution in [0.1, 0.15) is 31.1 Å². The Bertz CT molecular complexity index is 672. The fourth-order valence-electron chi connectivity index (χ4n) is 2.72. The number of methoxy groups -OCH3 is 1. The van der Waals surface area contributed by atoms with Crippen LogP contribution >= 0.6 is 11.6 Å². The predicted molar refractivity (Wildman–Crippen MR) is 103 cm³/mol. The molecule has 0 bridgehead atoms. The van der Waals surface area contributed by atoms with E-state index in [0.717, 1.165) is 0 Å². The number of rotatable bonds is 6. The van der Waals surface area contributed by atoms with Crippen LogP contribution in [0, 0.1) is 5.92 Å². The van der Waals surface area contributed by atoms with Gasteiger partial charge in [0.25, 0.3) is 5.91 Å². The molecule has 150 valence electrons. The Morgan fingerprint density at radius 3 is 2.33 bits per heavy atom. The molecular formula is C19H27ClN2O5. The third kappa shape index (κ3) is 5.42. The van der Waals surface area contributed by atoms with Crippen LogP contribution in [0.3, 0.4) is 0 Å². The summed E-state index contributed by atoms with van der Waals surface area (Å²) in [6.07, 6.45) is -0.346. The molecule has 2 amide bonds. The first-order valence-electron chi connectivity index (χ1n) is 9.08. The Balaban J connectivity index is 2.08. The highest BCUT2D eigenvalue weighted by Crippen LogP contribution is 2.37. The average Bonchev–Trinajstić information content (AvgIpc) is 2.66. The number of amides is 2. The Morgan fingerprint density at radius 2 is 1.78 bits per heavy atom. The molecule has 0 atom stereocenters. The summed E-state index contributed by atoms with van der Waals surface area (Å²) >= 11 is 6.33. The van der Waals surface area contributed by atoms with Crippen molar-refractivity contribution in [1.29, 1.82) is 0 Å². The van der Waals surface area contributed by atoms with Crippen molar-refractivity contribution in [3.8, 4) is 11.5 Å². The highest BCUT2D eigenvalue weighted by molar-refractivity contribution is 6.32. The predicted octanol–water partition coefficient (Wildman–Crippen LogP) is 3.30. The number of hydrogen-bond acceptors (Lipinski definition) is 5. The number of halogens is 1.